The number of rotatable bonds is 5. The molecule has 1 aromatic carbocycles. The molecule has 0 unspecified atom stereocenters. The van der Waals surface area contributed by atoms with Crippen LogP contribution in [0.2, 0.25) is 0 Å². The zero-order valence-corrected chi connectivity index (χ0v) is 14.6. The van der Waals surface area contributed by atoms with Gasteiger partial charge >= 0.3 is 0 Å². The molecule has 0 aliphatic carbocycles. The van der Waals surface area contributed by atoms with Crippen molar-refractivity contribution in [1.29, 1.82) is 0 Å². The van der Waals surface area contributed by atoms with Gasteiger partial charge in [-0.3, -0.25) is 9.89 Å². The van der Waals surface area contributed by atoms with Crippen LogP contribution in [0.1, 0.15) is 18.2 Å². The van der Waals surface area contributed by atoms with E-state index in [0.717, 1.165) is 34.4 Å². The number of hydrogen-bond donors (Lipinski definition) is 2. The maximum absolute atomic E-state index is 12.4. The van der Waals surface area contributed by atoms with Crippen LogP contribution in [0.15, 0.2) is 42.7 Å². The average Bonchev–Trinajstić information content (AvgIpc) is 3.35. The van der Waals surface area contributed by atoms with Gasteiger partial charge in [0, 0.05) is 19.4 Å². The van der Waals surface area contributed by atoms with Crippen LogP contribution in [0.4, 0.5) is 5.82 Å². The molecule has 0 aliphatic heterocycles. The second-order valence-electron chi connectivity index (χ2n) is 6.06. The standard InChI is InChI=1S/C18H19N7O/c1-3-14-16-17(21-22-18(16)24(2)23-14)20-15(26)11-12-5-7-13(8-6-12)25-10-4-9-19-25/h4-10H,3,11H2,1-2H3,(H2,20,21,22,26). The number of carbonyl (C=O) groups is 1. The fourth-order valence-corrected chi connectivity index (χ4v) is 3.01. The van der Waals surface area contributed by atoms with Crippen LogP contribution in [0, 0.1) is 0 Å². The number of benzene rings is 1. The molecule has 3 aromatic heterocycles. The van der Waals surface area contributed by atoms with Gasteiger partial charge in [0.1, 0.15) is 5.82 Å². The van der Waals surface area contributed by atoms with Crippen LogP contribution in [0.3, 0.4) is 0 Å². The maximum Gasteiger partial charge on any atom is 0.229 e. The average molecular weight is 349 g/mol. The third-order valence-electron chi connectivity index (χ3n) is 4.28. The van der Waals surface area contributed by atoms with E-state index in [1.165, 1.54) is 0 Å². The molecular weight excluding hydrogens is 330 g/mol. The van der Waals surface area contributed by atoms with Gasteiger partial charge in [0.25, 0.3) is 0 Å². The lowest BCUT2D eigenvalue weighted by Gasteiger charge is -2.05. The van der Waals surface area contributed by atoms with Gasteiger partial charge in [0.05, 0.1) is 23.2 Å². The highest BCUT2D eigenvalue weighted by Crippen LogP contribution is 2.24. The predicted molar refractivity (Wildman–Crippen MR) is 98.1 cm³/mol. The molecular formula is C18H19N7O. The molecule has 8 heteroatoms. The first-order valence-corrected chi connectivity index (χ1v) is 8.44. The number of nitrogens with one attached hydrogen (secondary N) is 2. The minimum absolute atomic E-state index is 0.103. The number of nitrogens with zero attached hydrogens (tertiary/aromatic N) is 5. The molecule has 1 amide bonds. The van der Waals surface area contributed by atoms with Crippen molar-refractivity contribution in [2.24, 2.45) is 7.05 Å². The van der Waals surface area contributed by atoms with Crippen molar-refractivity contribution in [1.82, 2.24) is 29.8 Å². The largest absolute Gasteiger partial charge is 0.310 e. The number of carbonyl (C=O) groups excluding carboxylic acids is 1. The third kappa shape index (κ3) is 2.85. The van der Waals surface area contributed by atoms with E-state index in [4.69, 9.17) is 0 Å². The summed E-state index contributed by atoms with van der Waals surface area (Å²) < 4.78 is 3.49. The highest BCUT2D eigenvalue weighted by Gasteiger charge is 2.17. The Morgan fingerprint density at radius 2 is 2.08 bits per heavy atom. The van der Waals surface area contributed by atoms with E-state index in [9.17, 15) is 4.79 Å². The SMILES string of the molecule is CCc1nn(C)c2n[nH]c(NC(=O)Cc3ccc(-n4cccn4)cc3)c12. The van der Waals surface area contributed by atoms with Crippen molar-refractivity contribution in [3.8, 4) is 5.69 Å². The fraction of sp³-hybridized carbons (Fsp3) is 0.222. The molecule has 0 atom stereocenters. The Morgan fingerprint density at radius 3 is 2.77 bits per heavy atom. The lowest BCUT2D eigenvalue weighted by Crippen LogP contribution is -2.15. The van der Waals surface area contributed by atoms with Crippen LogP contribution >= 0.6 is 0 Å². The molecule has 4 aromatic rings. The van der Waals surface area contributed by atoms with E-state index in [1.807, 2.05) is 50.5 Å². The summed E-state index contributed by atoms with van der Waals surface area (Å²) in [6.45, 7) is 2.03. The maximum atomic E-state index is 12.4. The monoisotopic (exact) mass is 349 g/mol. The molecule has 3 heterocycles. The Balaban J connectivity index is 1.49. The number of anilines is 1. The van der Waals surface area contributed by atoms with Crippen LogP contribution in [0.25, 0.3) is 16.7 Å². The van der Waals surface area contributed by atoms with Crippen molar-refractivity contribution in [2.45, 2.75) is 19.8 Å². The van der Waals surface area contributed by atoms with E-state index < -0.39 is 0 Å². The number of H-pyrrole nitrogens is 1. The highest BCUT2D eigenvalue weighted by molar-refractivity contribution is 6.00. The topological polar surface area (TPSA) is 93.4 Å². The van der Waals surface area contributed by atoms with Gasteiger partial charge in [-0.05, 0) is 30.2 Å². The van der Waals surface area contributed by atoms with Crippen molar-refractivity contribution < 1.29 is 4.79 Å². The van der Waals surface area contributed by atoms with Crippen molar-refractivity contribution in [3.63, 3.8) is 0 Å². The molecule has 26 heavy (non-hydrogen) atoms. The molecule has 0 bridgehead atoms. The summed E-state index contributed by atoms with van der Waals surface area (Å²) in [6.07, 6.45) is 4.66. The molecule has 8 nitrogen and oxygen atoms in total. The summed E-state index contributed by atoms with van der Waals surface area (Å²) in [5, 5.41) is 19.5. The zero-order valence-electron chi connectivity index (χ0n) is 14.6. The van der Waals surface area contributed by atoms with Crippen molar-refractivity contribution in [3.05, 3.63) is 54.0 Å². The molecule has 0 aliphatic rings. The highest BCUT2D eigenvalue weighted by atomic mass is 16.1. The molecule has 132 valence electrons. The van der Waals surface area contributed by atoms with Crippen LogP contribution in [0.5, 0.6) is 0 Å². The van der Waals surface area contributed by atoms with Crippen LogP contribution in [-0.4, -0.2) is 35.7 Å². The summed E-state index contributed by atoms with van der Waals surface area (Å²) >= 11 is 0. The van der Waals surface area contributed by atoms with Crippen LogP contribution in [-0.2, 0) is 24.7 Å². The first kappa shape index (κ1) is 16.1. The van der Waals surface area contributed by atoms with Crippen molar-refractivity contribution >= 4 is 22.8 Å². The quantitative estimate of drug-likeness (QED) is 0.578. The molecule has 0 spiro atoms. The third-order valence-corrected chi connectivity index (χ3v) is 4.28. The lowest BCUT2D eigenvalue weighted by atomic mass is 10.1. The molecule has 4 rings (SSSR count). The summed E-state index contributed by atoms with van der Waals surface area (Å²) in [5.41, 5.74) is 3.53. The minimum atomic E-state index is -0.103. The molecule has 0 radical (unpaired) electrons. The smallest absolute Gasteiger partial charge is 0.229 e. The number of amides is 1. The fourth-order valence-electron chi connectivity index (χ4n) is 3.01. The Bertz CT molecular complexity index is 1040. The van der Waals surface area contributed by atoms with Gasteiger partial charge in [-0.1, -0.05) is 19.1 Å². The van der Waals surface area contributed by atoms with E-state index in [0.29, 0.717) is 5.82 Å². The normalized spacial score (nSPS) is 11.2. The minimum Gasteiger partial charge on any atom is -0.310 e. The predicted octanol–water partition coefficient (Wildman–Crippen LogP) is 2.23. The van der Waals surface area contributed by atoms with Crippen LogP contribution < -0.4 is 5.32 Å². The number of hydrogen-bond acceptors (Lipinski definition) is 4. The summed E-state index contributed by atoms with van der Waals surface area (Å²) in [7, 11) is 1.84. The van der Waals surface area contributed by atoms with Gasteiger partial charge in [0.15, 0.2) is 5.65 Å². The summed E-state index contributed by atoms with van der Waals surface area (Å²) in [6, 6.07) is 9.62. The van der Waals surface area contributed by atoms with E-state index >= 15 is 0 Å². The van der Waals surface area contributed by atoms with E-state index in [1.54, 1.807) is 15.6 Å². The van der Waals surface area contributed by atoms with Gasteiger partial charge in [-0.2, -0.15) is 15.3 Å². The number of aryl methyl sites for hydroxylation is 2. The number of fused-ring (bicyclic) bond motifs is 1. The Hall–Kier alpha value is -3.42. The van der Waals surface area contributed by atoms with Crippen molar-refractivity contribution in [2.75, 3.05) is 5.32 Å². The van der Waals surface area contributed by atoms with Gasteiger partial charge in [-0.15, -0.1) is 0 Å². The molecule has 2 N–H and O–H groups in total. The van der Waals surface area contributed by atoms with Gasteiger partial charge < -0.3 is 5.32 Å². The van der Waals surface area contributed by atoms with E-state index in [2.05, 4.69) is 25.7 Å². The second-order valence-corrected chi connectivity index (χ2v) is 6.06. The molecule has 0 saturated carbocycles. The van der Waals surface area contributed by atoms with Gasteiger partial charge in [0.2, 0.25) is 5.91 Å². The first-order valence-electron chi connectivity index (χ1n) is 8.44. The summed E-state index contributed by atoms with van der Waals surface area (Å²) in [4.78, 5) is 12.4. The van der Waals surface area contributed by atoms with E-state index in [-0.39, 0.29) is 12.3 Å². The lowest BCUT2D eigenvalue weighted by molar-refractivity contribution is -0.115. The molecule has 0 fully saturated rings. The zero-order chi connectivity index (χ0) is 18.1. The summed E-state index contributed by atoms with van der Waals surface area (Å²) in [5.74, 6) is 0.497. The number of aromatic nitrogens is 6. The van der Waals surface area contributed by atoms with Gasteiger partial charge in [-0.25, -0.2) is 9.36 Å². The Kier molecular flexibility index (Phi) is 4.00. The second kappa shape index (κ2) is 6.47. The molecule has 0 saturated heterocycles. The first-order chi connectivity index (χ1) is 12.7. The Morgan fingerprint density at radius 1 is 1.27 bits per heavy atom. The Labute approximate surface area is 149 Å². The number of aromatic amines is 1.